The van der Waals surface area contributed by atoms with E-state index in [1.807, 2.05) is 71.8 Å². The van der Waals surface area contributed by atoms with Gasteiger partial charge < -0.3 is 14.1 Å². The molecule has 150 valence electrons. The van der Waals surface area contributed by atoms with Gasteiger partial charge in [0.1, 0.15) is 12.3 Å². The van der Waals surface area contributed by atoms with Gasteiger partial charge in [0.2, 0.25) is 16.4 Å². The molecule has 0 fully saturated rings. The zero-order chi connectivity index (χ0) is 20.8. The van der Waals surface area contributed by atoms with E-state index >= 15 is 0 Å². The van der Waals surface area contributed by atoms with Crippen LogP contribution in [0, 0.1) is 0 Å². The minimum Gasteiger partial charge on any atom is -0.465 e. The monoisotopic (exact) mass is 401 g/mol. The molecule has 1 aliphatic rings. The van der Waals surface area contributed by atoms with E-state index in [1.54, 1.807) is 12.2 Å². The Morgan fingerprint density at radius 3 is 2.50 bits per heavy atom. The minimum atomic E-state index is -0.469. The summed E-state index contributed by atoms with van der Waals surface area (Å²) in [6, 6.07) is 15.3. The molecule has 2 heterocycles. The first-order valence-corrected chi connectivity index (χ1v) is 10.1. The molecule has 0 N–H and O–H groups in total. The lowest BCUT2D eigenvalue weighted by Crippen LogP contribution is -2.65. The smallest absolute Gasteiger partial charge is 0.374 e. The van der Waals surface area contributed by atoms with Crippen LogP contribution in [0.2, 0.25) is 0 Å². The Bertz CT molecular complexity index is 1430. The number of fused-ring (bicyclic) bond motifs is 2. The van der Waals surface area contributed by atoms with Gasteiger partial charge in [-0.1, -0.05) is 24.3 Å². The first-order chi connectivity index (χ1) is 14.6. The molecule has 30 heavy (non-hydrogen) atoms. The Morgan fingerprint density at radius 1 is 1.00 bits per heavy atom. The molecule has 1 aliphatic heterocycles. The van der Waals surface area contributed by atoms with E-state index in [0.29, 0.717) is 19.0 Å². The van der Waals surface area contributed by atoms with Crippen molar-refractivity contribution in [3.63, 3.8) is 0 Å². The predicted octanol–water partition coefficient (Wildman–Crippen LogP) is 1.19. The van der Waals surface area contributed by atoms with Crippen LogP contribution in [0.4, 0.5) is 5.69 Å². The van der Waals surface area contributed by atoms with E-state index in [9.17, 15) is 9.59 Å². The van der Waals surface area contributed by atoms with Gasteiger partial charge in [-0.3, -0.25) is 9.59 Å². The highest BCUT2D eigenvalue weighted by Gasteiger charge is 2.28. The molecule has 6 heteroatoms. The molecule has 0 saturated carbocycles. The highest BCUT2D eigenvalue weighted by molar-refractivity contribution is 5.69. The molecule has 0 aliphatic carbocycles. The van der Waals surface area contributed by atoms with Gasteiger partial charge in [-0.2, -0.15) is 4.57 Å². The molecular formula is C24H21N2O4+. The second-order valence-electron chi connectivity index (χ2n) is 7.21. The van der Waals surface area contributed by atoms with Crippen molar-refractivity contribution in [2.75, 3.05) is 11.4 Å². The van der Waals surface area contributed by atoms with Gasteiger partial charge in [0.15, 0.2) is 6.23 Å². The summed E-state index contributed by atoms with van der Waals surface area (Å²) in [4.78, 5) is 27.6. The molecule has 5 rings (SSSR count). The van der Waals surface area contributed by atoms with Crippen molar-refractivity contribution in [3.05, 3.63) is 85.3 Å². The number of rotatable bonds is 4. The molecule has 4 aromatic rings. The van der Waals surface area contributed by atoms with Crippen LogP contribution in [-0.4, -0.2) is 12.8 Å². The van der Waals surface area contributed by atoms with Crippen LogP contribution in [0.3, 0.4) is 0 Å². The van der Waals surface area contributed by atoms with Gasteiger partial charge in [0, 0.05) is 12.6 Å². The lowest BCUT2D eigenvalue weighted by molar-refractivity contribution is -0.674. The molecule has 1 unspecified atom stereocenters. The third-order valence-electron chi connectivity index (χ3n) is 5.58. The number of para-hydroxylation sites is 4. The normalized spacial score (nSPS) is 15.4. The summed E-state index contributed by atoms with van der Waals surface area (Å²) in [5.41, 5.74) is 2.05. The number of hydrogen-bond acceptors (Lipinski definition) is 5. The Kier molecular flexibility index (Phi) is 4.28. The Hall–Kier alpha value is -3.67. The second-order valence-corrected chi connectivity index (χ2v) is 7.21. The molecule has 0 radical (unpaired) electrons. The largest absolute Gasteiger partial charge is 0.465 e. The van der Waals surface area contributed by atoms with Gasteiger partial charge in [0.25, 0.3) is 5.52 Å². The van der Waals surface area contributed by atoms with Crippen LogP contribution in [0.1, 0.15) is 19.7 Å². The van der Waals surface area contributed by atoms with Gasteiger partial charge >= 0.3 is 5.89 Å². The maximum absolute atomic E-state index is 12.8. The molecule has 0 bridgehead atoms. The van der Waals surface area contributed by atoms with E-state index in [2.05, 4.69) is 0 Å². The number of hydrogen-bond donors (Lipinski definition) is 0. The fourth-order valence-electron chi connectivity index (χ4n) is 4.07. The summed E-state index contributed by atoms with van der Waals surface area (Å²) in [5.74, 6) is 1.25. The second kappa shape index (κ2) is 6.99. The van der Waals surface area contributed by atoms with Crippen LogP contribution < -0.4 is 35.5 Å². The number of anilines is 1. The van der Waals surface area contributed by atoms with E-state index in [0.717, 1.165) is 22.5 Å². The van der Waals surface area contributed by atoms with Crippen molar-refractivity contribution < 1.29 is 13.7 Å². The maximum atomic E-state index is 12.8. The average molecular weight is 401 g/mol. The van der Waals surface area contributed by atoms with Crippen molar-refractivity contribution >= 4 is 28.9 Å². The summed E-state index contributed by atoms with van der Waals surface area (Å²) in [6.07, 6.45) is 2.70. The molecule has 0 spiro atoms. The zero-order valence-electron chi connectivity index (χ0n) is 16.8. The van der Waals surface area contributed by atoms with Crippen molar-refractivity contribution in [1.82, 2.24) is 0 Å². The van der Waals surface area contributed by atoms with Gasteiger partial charge in [0.05, 0.1) is 22.2 Å². The van der Waals surface area contributed by atoms with Crippen molar-refractivity contribution in [3.8, 4) is 5.75 Å². The fourth-order valence-corrected chi connectivity index (χ4v) is 4.07. The quantitative estimate of drug-likeness (QED) is 0.481. The SMILES string of the molecule is CCN1c2ccccc2OC1C=c1c(=O)c(=Cc2oc3ccccc3[n+]2CC)c1=O. The van der Waals surface area contributed by atoms with Crippen molar-refractivity contribution in [2.24, 2.45) is 0 Å². The molecule has 0 saturated heterocycles. The molecule has 3 aromatic carbocycles. The van der Waals surface area contributed by atoms with E-state index < -0.39 is 6.23 Å². The van der Waals surface area contributed by atoms with Crippen LogP contribution in [0.15, 0.2) is 62.5 Å². The van der Waals surface area contributed by atoms with Crippen LogP contribution >= 0.6 is 0 Å². The van der Waals surface area contributed by atoms with Crippen LogP contribution in [-0.2, 0) is 6.54 Å². The third-order valence-corrected chi connectivity index (χ3v) is 5.58. The summed E-state index contributed by atoms with van der Waals surface area (Å²) in [6.45, 7) is 5.37. The minimum absolute atomic E-state index is 0.140. The first kappa shape index (κ1) is 18.4. The standard InChI is InChI=1S/C24H21N2O4/c1-3-25-17-9-5-7-11-19(17)29-21(25)13-15-23(27)16(24(15)28)14-22-26(4-2)18-10-6-8-12-20(18)30-22/h5-14,21H,3-4H2,1-2H3/q+1. The van der Waals surface area contributed by atoms with Crippen LogP contribution in [0.5, 0.6) is 5.75 Å². The summed E-state index contributed by atoms with van der Waals surface area (Å²) in [5, 5.41) is 0.303. The zero-order valence-corrected chi connectivity index (χ0v) is 16.8. The Labute approximate surface area is 172 Å². The lowest BCUT2D eigenvalue weighted by atomic mass is 10.1. The summed E-state index contributed by atoms with van der Waals surface area (Å²) < 4.78 is 13.8. The fraction of sp³-hybridized carbons (Fsp3) is 0.208. The molecule has 0 amide bonds. The average Bonchev–Trinajstić information content (AvgIpc) is 3.32. The number of nitrogens with zero attached hydrogens (tertiary/aromatic N) is 2. The van der Waals surface area contributed by atoms with E-state index in [4.69, 9.17) is 9.15 Å². The van der Waals surface area contributed by atoms with E-state index in [1.165, 1.54) is 0 Å². The predicted molar refractivity (Wildman–Crippen MR) is 115 cm³/mol. The molecule has 1 aromatic heterocycles. The number of benzene rings is 2. The van der Waals surface area contributed by atoms with Crippen LogP contribution in [0.25, 0.3) is 23.3 Å². The van der Waals surface area contributed by atoms with Crippen molar-refractivity contribution in [2.45, 2.75) is 26.6 Å². The lowest BCUT2D eigenvalue weighted by Gasteiger charge is -2.20. The van der Waals surface area contributed by atoms with Gasteiger partial charge in [-0.25, -0.2) is 0 Å². The van der Waals surface area contributed by atoms with Gasteiger partial charge in [-0.15, -0.1) is 0 Å². The molecule has 6 nitrogen and oxygen atoms in total. The number of aryl methyl sites for hydroxylation is 1. The Balaban J connectivity index is 1.57. The summed E-state index contributed by atoms with van der Waals surface area (Å²) >= 11 is 0. The number of aromatic nitrogens is 1. The number of ether oxygens (including phenoxy) is 1. The molecular weight excluding hydrogens is 380 g/mol. The first-order valence-electron chi connectivity index (χ1n) is 10.1. The third kappa shape index (κ3) is 2.68. The highest BCUT2D eigenvalue weighted by atomic mass is 16.5. The summed E-state index contributed by atoms with van der Waals surface area (Å²) in [7, 11) is 0. The molecule has 1 atom stereocenters. The topological polar surface area (TPSA) is 63.6 Å². The van der Waals surface area contributed by atoms with Gasteiger partial charge in [-0.05, 0) is 38.1 Å². The van der Waals surface area contributed by atoms with Crippen molar-refractivity contribution in [1.29, 1.82) is 0 Å². The Morgan fingerprint density at radius 2 is 1.73 bits per heavy atom. The van der Waals surface area contributed by atoms with E-state index in [-0.39, 0.29) is 21.3 Å². The maximum Gasteiger partial charge on any atom is 0.374 e. The highest BCUT2D eigenvalue weighted by Crippen LogP contribution is 2.36. The number of oxazole rings is 1.